The molecule has 0 aromatic heterocycles. The van der Waals surface area contributed by atoms with Gasteiger partial charge in [0.15, 0.2) is 6.10 Å². The van der Waals surface area contributed by atoms with E-state index in [0.717, 1.165) is 77.7 Å². The molecule has 0 saturated carbocycles. The molecule has 0 aromatic rings. The number of ether oxygens (including phenoxy) is 2. The van der Waals surface area contributed by atoms with Gasteiger partial charge >= 0.3 is 19.8 Å². The summed E-state index contributed by atoms with van der Waals surface area (Å²) in [7, 11) is -3.21. The van der Waals surface area contributed by atoms with Gasteiger partial charge in [-0.1, -0.05) is 133 Å². The fourth-order valence-corrected chi connectivity index (χ4v) is 5.05. The Morgan fingerprint density at radius 2 is 1.11 bits per heavy atom. The van der Waals surface area contributed by atoms with Crippen molar-refractivity contribution in [1.29, 1.82) is 0 Å². The summed E-state index contributed by atoms with van der Waals surface area (Å²) in [6.07, 6.45) is 37.3. The first-order valence-corrected chi connectivity index (χ1v) is 19.3. The largest absolute Gasteiger partial charge is 0.472 e. The molecule has 8 nitrogen and oxygen atoms in total. The van der Waals surface area contributed by atoms with E-state index in [2.05, 4.69) is 67.0 Å². The van der Waals surface area contributed by atoms with Gasteiger partial charge in [-0.3, -0.25) is 18.6 Å². The molecule has 0 aliphatic carbocycles. The molecule has 0 amide bonds. The molecule has 0 rings (SSSR count). The van der Waals surface area contributed by atoms with Crippen molar-refractivity contribution in [2.24, 2.45) is 0 Å². The lowest BCUT2D eigenvalue weighted by atomic mass is 10.1. The molecule has 9 heteroatoms. The van der Waals surface area contributed by atoms with E-state index in [1.165, 1.54) is 44.9 Å². The maximum absolute atomic E-state index is 12.4. The topological polar surface area (TPSA) is 108 Å². The quantitative estimate of drug-likeness (QED) is 0.0326. The monoisotopic (exact) mass is 668 g/mol. The number of unbranched alkanes of at least 4 members (excludes halogenated alkanes) is 13. The van der Waals surface area contributed by atoms with Gasteiger partial charge in [0, 0.05) is 20.0 Å². The second-order valence-electron chi connectivity index (χ2n) is 11.6. The molecular weight excluding hydrogens is 603 g/mol. The molecule has 0 heterocycles. The van der Waals surface area contributed by atoms with Crippen LogP contribution in [0.3, 0.4) is 0 Å². The normalized spacial score (nSPS) is 14.1. The molecule has 0 bridgehead atoms. The summed E-state index contributed by atoms with van der Waals surface area (Å²) in [6, 6.07) is 0. The standard InChI is InChI=1S/C37H65O8P/c1-4-6-8-10-12-14-16-17-18-19-20-21-22-24-26-28-30-32-37(39)45-35(34-44-46(40,41)42-3)33-43-36(38)31-29-27-25-23-15-13-11-9-7-5-2/h6,8,12,14,17-18,20-21,35H,4-5,7,9-11,13,15-16,19,22-34H2,1-3H3,(H,40,41)/b8-6-,14-12-,18-17-,21-20-. The van der Waals surface area contributed by atoms with Crippen molar-refractivity contribution < 1.29 is 37.6 Å². The summed E-state index contributed by atoms with van der Waals surface area (Å²) in [5, 5.41) is 0. The van der Waals surface area contributed by atoms with E-state index in [1.807, 2.05) is 0 Å². The minimum Gasteiger partial charge on any atom is -0.462 e. The molecule has 0 aliphatic rings. The number of hydrogen-bond acceptors (Lipinski definition) is 7. The predicted octanol–water partition coefficient (Wildman–Crippen LogP) is 10.7. The van der Waals surface area contributed by atoms with Crippen LogP contribution in [0.2, 0.25) is 0 Å². The van der Waals surface area contributed by atoms with Crippen molar-refractivity contribution in [2.45, 2.75) is 155 Å². The third-order valence-corrected chi connectivity index (χ3v) is 8.27. The summed E-state index contributed by atoms with van der Waals surface area (Å²) < 4.78 is 31.8. The molecule has 0 saturated heterocycles. The smallest absolute Gasteiger partial charge is 0.462 e. The van der Waals surface area contributed by atoms with Gasteiger partial charge in [0.1, 0.15) is 6.61 Å². The second kappa shape index (κ2) is 32.9. The van der Waals surface area contributed by atoms with Crippen LogP contribution in [0.4, 0.5) is 0 Å². The number of carbonyl (C=O) groups is 2. The number of rotatable bonds is 32. The van der Waals surface area contributed by atoms with E-state index in [4.69, 9.17) is 14.0 Å². The van der Waals surface area contributed by atoms with Crippen LogP contribution < -0.4 is 0 Å². The van der Waals surface area contributed by atoms with Crippen LogP contribution in [0.25, 0.3) is 0 Å². The minimum atomic E-state index is -4.26. The Labute approximate surface area is 280 Å². The Balaban J connectivity index is 4.14. The van der Waals surface area contributed by atoms with Crippen LogP contribution >= 0.6 is 7.82 Å². The number of hydrogen-bond donors (Lipinski definition) is 1. The lowest BCUT2D eigenvalue weighted by molar-refractivity contribution is -0.161. The first-order valence-electron chi connectivity index (χ1n) is 17.8. The van der Waals surface area contributed by atoms with Crippen molar-refractivity contribution in [3.8, 4) is 0 Å². The van der Waals surface area contributed by atoms with Crippen molar-refractivity contribution in [3.63, 3.8) is 0 Å². The summed E-state index contributed by atoms with van der Waals surface area (Å²) in [5.74, 6) is -0.837. The molecule has 0 radical (unpaired) electrons. The number of allylic oxidation sites excluding steroid dienone is 8. The van der Waals surface area contributed by atoms with Crippen molar-refractivity contribution in [3.05, 3.63) is 48.6 Å². The van der Waals surface area contributed by atoms with Crippen molar-refractivity contribution in [2.75, 3.05) is 20.3 Å². The van der Waals surface area contributed by atoms with Crippen LogP contribution in [0.1, 0.15) is 149 Å². The van der Waals surface area contributed by atoms with Gasteiger partial charge in [0.25, 0.3) is 0 Å². The van der Waals surface area contributed by atoms with Crippen molar-refractivity contribution >= 4 is 19.8 Å². The lowest BCUT2D eigenvalue weighted by Crippen LogP contribution is -2.29. The Hall–Kier alpha value is -1.99. The zero-order valence-corrected chi connectivity index (χ0v) is 30.1. The van der Waals surface area contributed by atoms with Crippen molar-refractivity contribution in [1.82, 2.24) is 0 Å². The van der Waals surface area contributed by atoms with Gasteiger partial charge < -0.3 is 14.4 Å². The van der Waals surface area contributed by atoms with E-state index < -0.39 is 26.5 Å². The van der Waals surface area contributed by atoms with E-state index in [9.17, 15) is 19.0 Å². The van der Waals surface area contributed by atoms with Gasteiger partial charge in [-0.2, -0.15) is 0 Å². The van der Waals surface area contributed by atoms with E-state index in [1.54, 1.807) is 0 Å². The fraction of sp³-hybridized carbons (Fsp3) is 0.730. The number of phosphoric acid groups is 1. The van der Waals surface area contributed by atoms with Gasteiger partial charge in [-0.05, 0) is 51.4 Å². The Kier molecular flexibility index (Phi) is 31.5. The van der Waals surface area contributed by atoms with Gasteiger partial charge in [0.2, 0.25) is 0 Å². The van der Waals surface area contributed by atoms with Crippen LogP contribution in [-0.2, 0) is 32.7 Å². The molecule has 0 fully saturated rings. The molecule has 1 N–H and O–H groups in total. The molecular formula is C37H65O8P. The second-order valence-corrected chi connectivity index (χ2v) is 13.2. The third-order valence-electron chi connectivity index (χ3n) is 7.34. The highest BCUT2D eigenvalue weighted by Crippen LogP contribution is 2.42. The van der Waals surface area contributed by atoms with Crippen LogP contribution in [0, 0.1) is 0 Å². The highest BCUT2D eigenvalue weighted by atomic mass is 31.2. The molecule has 2 atom stereocenters. The average Bonchev–Trinajstić information content (AvgIpc) is 3.04. The summed E-state index contributed by atoms with van der Waals surface area (Å²) in [6.45, 7) is 3.71. The number of esters is 2. The van der Waals surface area contributed by atoms with Gasteiger partial charge in [-0.15, -0.1) is 0 Å². The summed E-state index contributed by atoms with van der Waals surface area (Å²) in [4.78, 5) is 34.2. The Bertz CT molecular complexity index is 896. The van der Waals surface area contributed by atoms with Gasteiger partial charge in [-0.25, -0.2) is 4.57 Å². The highest BCUT2D eigenvalue weighted by Gasteiger charge is 2.24. The molecule has 0 aliphatic heterocycles. The minimum absolute atomic E-state index is 0.216. The first-order chi connectivity index (χ1) is 22.3. The van der Waals surface area contributed by atoms with Gasteiger partial charge in [0.05, 0.1) is 6.61 Å². The summed E-state index contributed by atoms with van der Waals surface area (Å²) in [5.41, 5.74) is 0. The molecule has 0 spiro atoms. The maximum atomic E-state index is 12.4. The molecule has 2 unspecified atom stereocenters. The summed E-state index contributed by atoms with van der Waals surface area (Å²) >= 11 is 0. The Morgan fingerprint density at radius 3 is 1.65 bits per heavy atom. The van der Waals surface area contributed by atoms with Crippen LogP contribution in [-0.4, -0.2) is 43.3 Å². The predicted molar refractivity (Wildman–Crippen MR) is 188 cm³/mol. The molecule has 46 heavy (non-hydrogen) atoms. The number of phosphoric ester groups is 1. The van der Waals surface area contributed by atoms with E-state index >= 15 is 0 Å². The van der Waals surface area contributed by atoms with Crippen LogP contribution in [0.15, 0.2) is 48.6 Å². The van der Waals surface area contributed by atoms with E-state index in [-0.39, 0.29) is 25.4 Å². The molecule has 266 valence electrons. The fourth-order valence-electron chi connectivity index (χ4n) is 4.59. The average molecular weight is 669 g/mol. The SMILES string of the molecule is CC/C=C\C/C=C\C/C=C\C/C=C\CCCCCCC(=O)OC(COC(=O)CCCCCCCCCCCC)COP(=O)(O)OC. The molecule has 0 aromatic carbocycles. The zero-order chi connectivity index (χ0) is 34.0. The van der Waals surface area contributed by atoms with E-state index in [0.29, 0.717) is 6.42 Å². The highest BCUT2D eigenvalue weighted by molar-refractivity contribution is 7.47. The number of carbonyl (C=O) groups excluding carboxylic acids is 2. The first kappa shape index (κ1) is 44.0. The van der Waals surface area contributed by atoms with Crippen LogP contribution in [0.5, 0.6) is 0 Å². The Morgan fingerprint density at radius 1 is 0.630 bits per heavy atom. The maximum Gasteiger partial charge on any atom is 0.472 e. The zero-order valence-electron chi connectivity index (χ0n) is 29.2. The lowest BCUT2D eigenvalue weighted by Gasteiger charge is -2.19. The third kappa shape index (κ3) is 32.0.